The molecule has 1 aromatic heterocycles. The standard InChI is InChI=1S/C14H18N4O.ClH/c15-8-14-16-13(17-19-14)10-18(9-11-6-7-11)12-4-2-1-3-5-12;/h1-5,11H,6-10,15H2;1H. The summed E-state index contributed by atoms with van der Waals surface area (Å²) in [5.41, 5.74) is 6.69. The summed E-state index contributed by atoms with van der Waals surface area (Å²) in [7, 11) is 0. The van der Waals surface area contributed by atoms with Crippen molar-refractivity contribution in [1.29, 1.82) is 0 Å². The van der Waals surface area contributed by atoms with Crippen LogP contribution in [0.4, 0.5) is 5.69 Å². The molecule has 1 aliphatic carbocycles. The Balaban J connectivity index is 0.00000147. The highest BCUT2D eigenvalue weighted by Gasteiger charge is 2.25. The van der Waals surface area contributed by atoms with Gasteiger partial charge in [0.25, 0.3) is 0 Å². The summed E-state index contributed by atoms with van der Waals surface area (Å²) in [6.07, 6.45) is 2.65. The van der Waals surface area contributed by atoms with Crippen LogP contribution in [-0.4, -0.2) is 16.7 Å². The molecule has 20 heavy (non-hydrogen) atoms. The van der Waals surface area contributed by atoms with Crippen LogP contribution in [0, 0.1) is 5.92 Å². The van der Waals surface area contributed by atoms with E-state index in [4.69, 9.17) is 10.3 Å². The van der Waals surface area contributed by atoms with E-state index in [0.717, 1.165) is 12.5 Å². The summed E-state index contributed by atoms with van der Waals surface area (Å²) in [6, 6.07) is 10.4. The average Bonchev–Trinajstić information content (AvgIpc) is 3.16. The van der Waals surface area contributed by atoms with Gasteiger partial charge in [0.2, 0.25) is 5.89 Å². The van der Waals surface area contributed by atoms with Gasteiger partial charge in [0.1, 0.15) is 0 Å². The second-order valence-electron chi connectivity index (χ2n) is 4.97. The summed E-state index contributed by atoms with van der Waals surface area (Å²) in [5, 5.41) is 3.97. The largest absolute Gasteiger partial charge is 0.364 e. The van der Waals surface area contributed by atoms with Crippen molar-refractivity contribution in [1.82, 2.24) is 10.1 Å². The predicted molar refractivity (Wildman–Crippen MR) is 79.7 cm³/mol. The lowest BCUT2D eigenvalue weighted by molar-refractivity contribution is 0.374. The Bertz CT molecular complexity index is 527. The molecule has 2 aromatic rings. The number of aromatic nitrogens is 2. The molecule has 1 aliphatic rings. The van der Waals surface area contributed by atoms with Crippen molar-refractivity contribution in [3.8, 4) is 0 Å². The average molecular weight is 295 g/mol. The van der Waals surface area contributed by atoms with Crippen LogP contribution >= 0.6 is 12.4 Å². The zero-order valence-corrected chi connectivity index (χ0v) is 12.1. The first-order valence-electron chi connectivity index (χ1n) is 6.66. The molecule has 0 atom stereocenters. The molecule has 0 radical (unpaired) electrons. The molecule has 0 unspecified atom stereocenters. The molecule has 1 heterocycles. The number of halogens is 1. The molecular formula is C14H19ClN4O. The van der Waals surface area contributed by atoms with Gasteiger partial charge in [-0.05, 0) is 30.9 Å². The van der Waals surface area contributed by atoms with Crippen molar-refractivity contribution in [2.75, 3.05) is 11.4 Å². The van der Waals surface area contributed by atoms with E-state index in [-0.39, 0.29) is 12.4 Å². The minimum Gasteiger partial charge on any atom is -0.364 e. The SMILES string of the molecule is Cl.NCc1nc(CN(CC2CC2)c2ccccc2)no1. The molecule has 6 heteroatoms. The van der Waals surface area contributed by atoms with Crippen LogP contribution < -0.4 is 10.6 Å². The summed E-state index contributed by atoms with van der Waals surface area (Å²) in [6.45, 7) is 2.02. The predicted octanol–water partition coefficient (Wildman–Crippen LogP) is 2.37. The summed E-state index contributed by atoms with van der Waals surface area (Å²) in [4.78, 5) is 6.59. The van der Waals surface area contributed by atoms with Crippen molar-refractivity contribution in [3.05, 3.63) is 42.0 Å². The van der Waals surface area contributed by atoms with Crippen LogP contribution in [0.2, 0.25) is 0 Å². The van der Waals surface area contributed by atoms with Crippen molar-refractivity contribution in [3.63, 3.8) is 0 Å². The Morgan fingerprint density at radius 1 is 1.25 bits per heavy atom. The first kappa shape index (κ1) is 14.8. The molecule has 0 saturated heterocycles. The molecule has 1 fully saturated rings. The Labute approximate surface area is 124 Å². The van der Waals surface area contributed by atoms with Crippen LogP contribution in [0.1, 0.15) is 24.6 Å². The molecular weight excluding hydrogens is 276 g/mol. The van der Waals surface area contributed by atoms with Gasteiger partial charge in [-0.1, -0.05) is 23.4 Å². The number of hydrogen-bond acceptors (Lipinski definition) is 5. The van der Waals surface area contributed by atoms with Gasteiger partial charge in [-0.25, -0.2) is 0 Å². The Kier molecular flexibility index (Phi) is 4.98. The Morgan fingerprint density at radius 3 is 2.60 bits per heavy atom. The third kappa shape index (κ3) is 3.71. The highest BCUT2D eigenvalue weighted by atomic mass is 35.5. The lowest BCUT2D eigenvalue weighted by Crippen LogP contribution is -2.25. The highest BCUT2D eigenvalue weighted by Crippen LogP contribution is 2.31. The van der Waals surface area contributed by atoms with Gasteiger partial charge >= 0.3 is 0 Å². The minimum atomic E-state index is 0. The van der Waals surface area contributed by atoms with Crippen LogP contribution in [-0.2, 0) is 13.1 Å². The Morgan fingerprint density at radius 2 is 2.00 bits per heavy atom. The van der Waals surface area contributed by atoms with Crippen LogP contribution in [0.25, 0.3) is 0 Å². The van der Waals surface area contributed by atoms with Gasteiger partial charge in [-0.3, -0.25) is 0 Å². The van der Waals surface area contributed by atoms with E-state index >= 15 is 0 Å². The summed E-state index contributed by atoms with van der Waals surface area (Å²) >= 11 is 0. The zero-order valence-electron chi connectivity index (χ0n) is 11.2. The van der Waals surface area contributed by atoms with E-state index in [9.17, 15) is 0 Å². The van der Waals surface area contributed by atoms with Crippen LogP contribution in [0.5, 0.6) is 0 Å². The molecule has 108 valence electrons. The number of rotatable bonds is 6. The molecule has 1 saturated carbocycles. The van der Waals surface area contributed by atoms with E-state index in [0.29, 0.717) is 24.8 Å². The van der Waals surface area contributed by atoms with Gasteiger partial charge in [-0.2, -0.15) is 4.98 Å². The molecule has 3 rings (SSSR count). The maximum Gasteiger partial charge on any atom is 0.240 e. The lowest BCUT2D eigenvalue weighted by Gasteiger charge is -2.23. The van der Waals surface area contributed by atoms with Gasteiger partial charge in [0.05, 0.1) is 13.1 Å². The number of para-hydroxylation sites is 1. The first-order chi connectivity index (χ1) is 9.35. The van der Waals surface area contributed by atoms with E-state index in [1.165, 1.54) is 18.5 Å². The molecule has 0 aliphatic heterocycles. The number of benzene rings is 1. The van der Waals surface area contributed by atoms with E-state index < -0.39 is 0 Å². The zero-order chi connectivity index (χ0) is 13.1. The first-order valence-corrected chi connectivity index (χ1v) is 6.66. The molecule has 5 nitrogen and oxygen atoms in total. The number of anilines is 1. The molecule has 0 bridgehead atoms. The lowest BCUT2D eigenvalue weighted by atomic mass is 10.2. The normalized spacial score (nSPS) is 13.8. The fourth-order valence-electron chi connectivity index (χ4n) is 2.12. The van der Waals surface area contributed by atoms with E-state index in [2.05, 4.69) is 39.3 Å². The van der Waals surface area contributed by atoms with Gasteiger partial charge in [0.15, 0.2) is 5.82 Å². The highest BCUT2D eigenvalue weighted by molar-refractivity contribution is 5.85. The second kappa shape index (κ2) is 6.72. The fraction of sp³-hybridized carbons (Fsp3) is 0.429. The van der Waals surface area contributed by atoms with Crippen molar-refractivity contribution < 1.29 is 4.52 Å². The van der Waals surface area contributed by atoms with E-state index in [1.54, 1.807) is 0 Å². The number of hydrogen-bond donors (Lipinski definition) is 1. The van der Waals surface area contributed by atoms with Gasteiger partial charge < -0.3 is 15.2 Å². The van der Waals surface area contributed by atoms with Crippen LogP contribution in [0.3, 0.4) is 0 Å². The molecule has 1 aromatic carbocycles. The molecule has 0 spiro atoms. The quantitative estimate of drug-likeness (QED) is 0.886. The smallest absolute Gasteiger partial charge is 0.240 e. The van der Waals surface area contributed by atoms with E-state index in [1.807, 2.05) is 6.07 Å². The minimum absolute atomic E-state index is 0. The topological polar surface area (TPSA) is 68.2 Å². The van der Waals surface area contributed by atoms with Gasteiger partial charge in [0, 0.05) is 12.2 Å². The molecule has 0 amide bonds. The maximum absolute atomic E-state index is 5.49. The van der Waals surface area contributed by atoms with Crippen LogP contribution in [0.15, 0.2) is 34.9 Å². The Hall–Kier alpha value is -1.59. The van der Waals surface area contributed by atoms with Crippen molar-refractivity contribution in [2.24, 2.45) is 11.7 Å². The molecule has 2 N–H and O–H groups in total. The summed E-state index contributed by atoms with van der Waals surface area (Å²) < 4.78 is 5.06. The third-order valence-corrected chi connectivity index (χ3v) is 3.31. The number of nitrogens with two attached hydrogens (primary N) is 1. The second-order valence-corrected chi connectivity index (χ2v) is 4.97. The number of nitrogens with zero attached hydrogens (tertiary/aromatic N) is 3. The third-order valence-electron chi connectivity index (χ3n) is 3.31. The van der Waals surface area contributed by atoms with Crippen molar-refractivity contribution >= 4 is 18.1 Å². The maximum atomic E-state index is 5.49. The monoisotopic (exact) mass is 294 g/mol. The van der Waals surface area contributed by atoms with Crippen molar-refractivity contribution in [2.45, 2.75) is 25.9 Å². The summed E-state index contributed by atoms with van der Waals surface area (Å²) in [5.74, 6) is 2.00. The van der Waals surface area contributed by atoms with Gasteiger partial charge in [-0.15, -0.1) is 12.4 Å². The fourth-order valence-corrected chi connectivity index (χ4v) is 2.12.